The average molecular weight is 181 g/mol. The highest BCUT2D eigenvalue weighted by Crippen LogP contribution is 2.04. The quantitative estimate of drug-likeness (QED) is 0.660. The third-order valence-corrected chi connectivity index (χ3v) is 2.62. The summed E-state index contributed by atoms with van der Waals surface area (Å²) in [5.74, 6) is 0.0596. The van der Waals surface area contributed by atoms with Gasteiger partial charge in [0.25, 0.3) is 5.91 Å². The van der Waals surface area contributed by atoms with E-state index in [1.807, 2.05) is 26.2 Å². The molecule has 0 bridgehead atoms. The molecule has 2 nitrogen and oxygen atoms in total. The molecule has 0 aromatic carbocycles. The molecule has 0 unspecified atom stereocenters. The van der Waals surface area contributed by atoms with Crippen LogP contribution in [-0.2, 0) is 0 Å². The minimum absolute atomic E-state index is 0.0596. The third-order valence-electron chi connectivity index (χ3n) is 1.60. The van der Waals surface area contributed by atoms with E-state index in [9.17, 15) is 4.79 Å². The van der Waals surface area contributed by atoms with Crippen LogP contribution in [0.3, 0.4) is 0 Å². The summed E-state index contributed by atoms with van der Waals surface area (Å²) in [4.78, 5) is 12.2. The zero-order chi connectivity index (χ0) is 8.97. The Hall–Kier alpha value is -0.765. The van der Waals surface area contributed by atoms with Gasteiger partial charge in [-0.2, -0.15) is 0 Å². The first kappa shape index (κ1) is 9.32. The Morgan fingerprint density at radius 3 is 3.00 bits per heavy atom. The summed E-state index contributed by atoms with van der Waals surface area (Å²) in [6, 6.07) is 1.96. The maximum atomic E-state index is 11.4. The zero-order valence-corrected chi connectivity index (χ0v) is 8.20. The molecule has 0 radical (unpaired) electrons. The van der Waals surface area contributed by atoms with E-state index in [2.05, 4.69) is 5.32 Å². The van der Waals surface area contributed by atoms with Crippen LogP contribution >= 0.6 is 11.3 Å². The molecule has 1 amide bonds. The Morgan fingerprint density at radius 1 is 1.75 bits per heavy atom. The highest BCUT2D eigenvalue weighted by molar-refractivity contribution is 7.13. The lowest BCUT2D eigenvalue weighted by Crippen LogP contribution is -2.27. The van der Waals surface area contributed by atoms with Crippen LogP contribution in [0.2, 0.25) is 0 Å². The molecule has 0 saturated carbocycles. The van der Waals surface area contributed by atoms with E-state index >= 15 is 0 Å². The molecular weight excluding hydrogens is 169 g/mol. The SMILES string of the molecule is Bc1ccsc1C(=O)NCCC. The molecule has 1 heterocycles. The molecule has 0 aliphatic heterocycles. The molecule has 12 heavy (non-hydrogen) atoms. The van der Waals surface area contributed by atoms with Crippen LogP contribution in [-0.4, -0.2) is 20.3 Å². The van der Waals surface area contributed by atoms with Gasteiger partial charge in [-0.3, -0.25) is 4.79 Å². The van der Waals surface area contributed by atoms with Gasteiger partial charge in [-0.25, -0.2) is 0 Å². The number of carbonyl (C=O) groups is 1. The van der Waals surface area contributed by atoms with Gasteiger partial charge in [-0.15, -0.1) is 11.3 Å². The molecule has 0 spiro atoms. The predicted octanol–water partition coefficient (Wildman–Crippen LogP) is 0.146. The first-order valence-corrected chi connectivity index (χ1v) is 4.96. The van der Waals surface area contributed by atoms with Crippen LogP contribution in [0.15, 0.2) is 11.4 Å². The van der Waals surface area contributed by atoms with E-state index in [0.29, 0.717) is 0 Å². The molecule has 1 N–H and O–H groups in total. The molecule has 64 valence electrons. The number of rotatable bonds is 3. The molecule has 0 atom stereocenters. The number of thiophene rings is 1. The molecule has 1 aromatic heterocycles. The van der Waals surface area contributed by atoms with Crippen molar-refractivity contribution >= 4 is 30.6 Å². The minimum atomic E-state index is 0.0596. The summed E-state index contributed by atoms with van der Waals surface area (Å²) in [5, 5.41) is 4.79. The number of amides is 1. The predicted molar refractivity (Wildman–Crippen MR) is 55.1 cm³/mol. The molecule has 4 heteroatoms. The number of hydrogen-bond acceptors (Lipinski definition) is 2. The van der Waals surface area contributed by atoms with Gasteiger partial charge in [0.2, 0.25) is 0 Å². The Kier molecular flexibility index (Phi) is 3.35. The summed E-state index contributed by atoms with van der Waals surface area (Å²) in [6.07, 6.45) is 0.982. The van der Waals surface area contributed by atoms with Crippen molar-refractivity contribution in [1.82, 2.24) is 5.32 Å². The van der Waals surface area contributed by atoms with Crippen molar-refractivity contribution in [2.24, 2.45) is 0 Å². The molecule has 0 aliphatic rings. The lowest BCUT2D eigenvalue weighted by atomic mass is 9.97. The van der Waals surface area contributed by atoms with Gasteiger partial charge >= 0.3 is 0 Å². The molecular formula is C8H12BNOS. The number of hydrogen-bond donors (Lipinski definition) is 1. The Bertz CT molecular complexity index is 272. The summed E-state index contributed by atoms with van der Waals surface area (Å²) in [6.45, 7) is 2.80. The second-order valence-corrected chi connectivity index (χ2v) is 3.60. The first-order chi connectivity index (χ1) is 5.75. The van der Waals surface area contributed by atoms with Crippen molar-refractivity contribution in [3.05, 3.63) is 16.3 Å². The standard InChI is InChI=1S/C8H12BNOS/c1-2-4-10-8(11)7-6(9)3-5-12-7/h3,5H,2,4,9H2,1H3,(H,10,11). The van der Waals surface area contributed by atoms with E-state index in [-0.39, 0.29) is 5.91 Å². The summed E-state index contributed by atoms with van der Waals surface area (Å²) in [7, 11) is 1.96. The van der Waals surface area contributed by atoms with Gasteiger partial charge in [0.1, 0.15) is 7.85 Å². The lowest BCUT2D eigenvalue weighted by molar-refractivity contribution is 0.0959. The van der Waals surface area contributed by atoms with E-state index in [1.54, 1.807) is 0 Å². The van der Waals surface area contributed by atoms with Crippen LogP contribution in [0, 0.1) is 0 Å². The van der Waals surface area contributed by atoms with Crippen molar-refractivity contribution in [2.75, 3.05) is 6.54 Å². The Balaban J connectivity index is 2.59. The monoisotopic (exact) mass is 181 g/mol. The normalized spacial score (nSPS) is 9.75. The van der Waals surface area contributed by atoms with Crippen LogP contribution in [0.1, 0.15) is 23.0 Å². The van der Waals surface area contributed by atoms with E-state index in [4.69, 9.17) is 0 Å². The molecule has 0 aliphatic carbocycles. The topological polar surface area (TPSA) is 29.1 Å². The van der Waals surface area contributed by atoms with Crippen molar-refractivity contribution in [3.63, 3.8) is 0 Å². The maximum Gasteiger partial charge on any atom is 0.260 e. The zero-order valence-electron chi connectivity index (χ0n) is 7.39. The highest BCUT2D eigenvalue weighted by Gasteiger charge is 2.07. The third kappa shape index (κ3) is 2.11. The van der Waals surface area contributed by atoms with Crippen molar-refractivity contribution < 1.29 is 4.79 Å². The fraction of sp³-hybridized carbons (Fsp3) is 0.375. The second kappa shape index (κ2) is 4.31. The van der Waals surface area contributed by atoms with E-state index < -0.39 is 0 Å². The van der Waals surface area contributed by atoms with Crippen molar-refractivity contribution in [2.45, 2.75) is 13.3 Å². The fourth-order valence-corrected chi connectivity index (χ4v) is 1.77. The summed E-state index contributed by atoms with van der Waals surface area (Å²) >= 11 is 1.50. The van der Waals surface area contributed by atoms with Crippen LogP contribution in [0.4, 0.5) is 0 Å². The number of carbonyl (C=O) groups excluding carboxylic acids is 1. The Morgan fingerprint density at radius 2 is 2.50 bits per heavy atom. The van der Waals surface area contributed by atoms with Gasteiger partial charge < -0.3 is 5.32 Å². The summed E-state index contributed by atoms with van der Waals surface area (Å²) < 4.78 is 0. The van der Waals surface area contributed by atoms with Crippen LogP contribution in [0.25, 0.3) is 0 Å². The van der Waals surface area contributed by atoms with Gasteiger partial charge in [0, 0.05) is 6.54 Å². The van der Waals surface area contributed by atoms with Gasteiger partial charge in [-0.05, 0) is 11.8 Å². The lowest BCUT2D eigenvalue weighted by Gasteiger charge is -2.01. The van der Waals surface area contributed by atoms with Crippen molar-refractivity contribution in [3.8, 4) is 0 Å². The van der Waals surface area contributed by atoms with Gasteiger partial charge in [0.05, 0.1) is 4.88 Å². The average Bonchev–Trinajstić information content (AvgIpc) is 2.47. The Labute approximate surface area is 77.4 Å². The van der Waals surface area contributed by atoms with E-state index in [1.165, 1.54) is 11.3 Å². The van der Waals surface area contributed by atoms with Gasteiger partial charge in [0.15, 0.2) is 0 Å². The van der Waals surface area contributed by atoms with E-state index in [0.717, 1.165) is 23.3 Å². The molecule has 0 fully saturated rings. The highest BCUT2D eigenvalue weighted by atomic mass is 32.1. The van der Waals surface area contributed by atoms with Crippen LogP contribution in [0.5, 0.6) is 0 Å². The molecule has 0 saturated heterocycles. The summed E-state index contributed by atoms with van der Waals surface area (Å²) in [5.41, 5.74) is 1.06. The minimum Gasteiger partial charge on any atom is -0.351 e. The molecule has 1 rings (SSSR count). The van der Waals surface area contributed by atoms with Crippen molar-refractivity contribution in [1.29, 1.82) is 0 Å². The fourth-order valence-electron chi connectivity index (χ4n) is 0.924. The maximum absolute atomic E-state index is 11.4. The van der Waals surface area contributed by atoms with Gasteiger partial charge in [-0.1, -0.05) is 18.5 Å². The second-order valence-electron chi connectivity index (χ2n) is 2.69. The smallest absolute Gasteiger partial charge is 0.260 e. The molecule has 1 aromatic rings. The van der Waals surface area contributed by atoms with Crippen LogP contribution < -0.4 is 10.8 Å². The first-order valence-electron chi connectivity index (χ1n) is 4.08. The number of nitrogens with one attached hydrogen (secondary N) is 1. The largest absolute Gasteiger partial charge is 0.351 e.